The van der Waals surface area contributed by atoms with E-state index in [9.17, 15) is 18.0 Å². The van der Waals surface area contributed by atoms with Crippen molar-refractivity contribution in [2.75, 3.05) is 22.6 Å². The van der Waals surface area contributed by atoms with Crippen LogP contribution in [0.4, 0.5) is 28.8 Å². The van der Waals surface area contributed by atoms with E-state index in [1.54, 1.807) is 57.1 Å². The number of nitrogens with one attached hydrogen (secondary N) is 3. The molecule has 3 N–H and O–H groups in total. The molecular weight excluding hydrogens is 519 g/mol. The van der Waals surface area contributed by atoms with Crippen LogP contribution >= 0.6 is 0 Å². The smallest absolute Gasteiger partial charge is 1.00 e. The molecule has 3 aromatic rings. The molecule has 0 fully saturated rings. The summed E-state index contributed by atoms with van der Waals surface area (Å²) in [6.07, 6.45) is 1.71. The summed E-state index contributed by atoms with van der Waals surface area (Å²) in [4.78, 5) is 34.4. The van der Waals surface area contributed by atoms with Gasteiger partial charge in [0.2, 0.25) is 11.9 Å². The number of carbonyl (C=O) groups is 2. The second-order valence-electron chi connectivity index (χ2n) is 9.04. The second kappa shape index (κ2) is 11.3. The third-order valence-electron chi connectivity index (χ3n) is 5.73. The number of hydrogen-bond donors (Lipinski definition) is 3. The standard InChI is InChI=1S/C25H28N6O5S.Na.H/c1-6-21(32)30-37(34,35)18-10-7-16(8-11-18)28-24-26-14-15(2)22(29-24)27-17-9-12-20-19(13-17)31(5)23(33)25(3,4)36-20;;/h7-14H,6H2,1-5H3,(H,30,32)(H2,26,27,28,29);;/q;+1;-1. The Morgan fingerprint density at radius 2 is 1.76 bits per heavy atom. The van der Waals surface area contributed by atoms with Crippen LogP contribution in [0.15, 0.2) is 53.6 Å². The normalized spacial score (nSPS) is 14.0. The summed E-state index contributed by atoms with van der Waals surface area (Å²) < 4.78 is 32.4. The van der Waals surface area contributed by atoms with Gasteiger partial charge >= 0.3 is 29.6 Å². The Morgan fingerprint density at radius 3 is 2.42 bits per heavy atom. The summed E-state index contributed by atoms with van der Waals surface area (Å²) >= 11 is 0. The molecule has 11 nitrogen and oxygen atoms in total. The monoisotopic (exact) mass is 548 g/mol. The number of anilines is 5. The van der Waals surface area contributed by atoms with E-state index < -0.39 is 21.5 Å². The van der Waals surface area contributed by atoms with E-state index in [0.717, 1.165) is 5.56 Å². The van der Waals surface area contributed by atoms with Crippen LogP contribution in [-0.4, -0.2) is 42.8 Å². The van der Waals surface area contributed by atoms with Crippen molar-refractivity contribution in [2.45, 2.75) is 44.6 Å². The molecule has 4 rings (SSSR count). The van der Waals surface area contributed by atoms with E-state index >= 15 is 0 Å². The molecule has 0 aliphatic carbocycles. The van der Waals surface area contributed by atoms with Crippen molar-refractivity contribution in [2.24, 2.45) is 0 Å². The van der Waals surface area contributed by atoms with Crippen LogP contribution < -0.4 is 54.5 Å². The average molecular weight is 549 g/mol. The van der Waals surface area contributed by atoms with E-state index in [0.29, 0.717) is 34.6 Å². The molecule has 0 spiro atoms. The first-order valence-electron chi connectivity index (χ1n) is 11.5. The molecule has 0 radical (unpaired) electrons. The van der Waals surface area contributed by atoms with E-state index in [-0.39, 0.29) is 48.2 Å². The third kappa shape index (κ3) is 6.26. The van der Waals surface area contributed by atoms with Crippen LogP contribution in [0.25, 0.3) is 0 Å². The summed E-state index contributed by atoms with van der Waals surface area (Å²) in [6, 6.07) is 11.3. The second-order valence-corrected chi connectivity index (χ2v) is 10.7. The fourth-order valence-corrected chi connectivity index (χ4v) is 4.72. The van der Waals surface area contributed by atoms with Crippen LogP contribution in [0, 0.1) is 6.92 Å². The fourth-order valence-electron chi connectivity index (χ4n) is 3.67. The van der Waals surface area contributed by atoms with Gasteiger partial charge in [0, 0.05) is 36.6 Å². The minimum absolute atomic E-state index is 0. The Bertz CT molecular complexity index is 1480. The summed E-state index contributed by atoms with van der Waals surface area (Å²) in [5.41, 5.74) is 1.76. The van der Waals surface area contributed by atoms with Crippen LogP contribution in [0.2, 0.25) is 0 Å². The first-order chi connectivity index (χ1) is 17.4. The van der Waals surface area contributed by atoms with Gasteiger partial charge in [0.05, 0.1) is 10.6 Å². The molecule has 1 aliphatic rings. The maximum Gasteiger partial charge on any atom is 1.00 e. The molecule has 0 bridgehead atoms. The number of likely N-dealkylation sites (N-methyl/N-ethyl adjacent to an activating group) is 1. The SMILES string of the molecule is CCC(=O)NS(=O)(=O)c1ccc(Nc2ncc(C)c(Nc3ccc4c(c3)N(C)C(=O)C(C)(C)O4)n2)cc1.[H-].[Na+]. The van der Waals surface area contributed by atoms with Crippen LogP contribution in [0.3, 0.4) is 0 Å². The molecule has 2 amide bonds. The number of fused-ring (bicyclic) bond motifs is 1. The van der Waals surface area contributed by atoms with Gasteiger partial charge < -0.3 is 21.7 Å². The first-order valence-corrected chi connectivity index (χ1v) is 13.0. The number of carbonyl (C=O) groups excluding carboxylic acids is 2. The Morgan fingerprint density at radius 1 is 1.11 bits per heavy atom. The van der Waals surface area contributed by atoms with Gasteiger partial charge in [0.1, 0.15) is 11.6 Å². The van der Waals surface area contributed by atoms with Gasteiger partial charge in [-0.25, -0.2) is 18.1 Å². The Balaban J connectivity index is 0.00000267. The van der Waals surface area contributed by atoms with Crippen LogP contribution in [0.1, 0.15) is 34.2 Å². The Hall–Kier alpha value is -3.19. The summed E-state index contributed by atoms with van der Waals surface area (Å²) in [5, 5.41) is 6.30. The summed E-state index contributed by atoms with van der Waals surface area (Å²) in [5.74, 6) is 0.722. The molecule has 196 valence electrons. The molecule has 2 heterocycles. The molecule has 0 atom stereocenters. The quantitative estimate of drug-likeness (QED) is 0.364. The van der Waals surface area contributed by atoms with Crippen molar-refractivity contribution in [3.05, 3.63) is 54.2 Å². The van der Waals surface area contributed by atoms with Crippen molar-refractivity contribution < 1.29 is 53.7 Å². The summed E-state index contributed by atoms with van der Waals surface area (Å²) in [7, 11) is -2.22. The molecule has 0 saturated heterocycles. The number of sulfonamides is 1. The number of rotatable bonds is 7. The van der Waals surface area contributed by atoms with Gasteiger partial charge in [0.15, 0.2) is 5.60 Å². The van der Waals surface area contributed by atoms with Crippen molar-refractivity contribution in [3.8, 4) is 5.75 Å². The summed E-state index contributed by atoms with van der Waals surface area (Å²) in [6.45, 7) is 6.89. The minimum atomic E-state index is -3.93. The number of nitrogens with zero attached hydrogens (tertiary/aromatic N) is 3. The molecule has 0 unspecified atom stereocenters. The predicted octanol–water partition coefficient (Wildman–Crippen LogP) is 0.737. The molecule has 1 aromatic heterocycles. The molecule has 13 heteroatoms. The van der Waals surface area contributed by atoms with E-state index in [2.05, 4.69) is 20.6 Å². The molecule has 2 aromatic carbocycles. The third-order valence-corrected chi connectivity index (χ3v) is 7.12. The molecular formula is C25H29N6NaO5S. The zero-order valence-electron chi connectivity index (χ0n) is 23.1. The number of amides is 2. The van der Waals surface area contributed by atoms with Gasteiger partial charge in [-0.1, -0.05) is 6.92 Å². The van der Waals surface area contributed by atoms with Gasteiger partial charge in [-0.2, -0.15) is 4.98 Å². The van der Waals surface area contributed by atoms with Gasteiger partial charge in [-0.3, -0.25) is 9.59 Å². The van der Waals surface area contributed by atoms with Crippen molar-refractivity contribution in [1.82, 2.24) is 14.7 Å². The van der Waals surface area contributed by atoms with Crippen LogP contribution in [0.5, 0.6) is 5.75 Å². The predicted molar refractivity (Wildman–Crippen MR) is 141 cm³/mol. The largest absolute Gasteiger partial charge is 1.00 e. The van der Waals surface area contributed by atoms with E-state index in [1.807, 2.05) is 23.8 Å². The van der Waals surface area contributed by atoms with E-state index in [1.165, 1.54) is 12.1 Å². The average Bonchev–Trinajstić information content (AvgIpc) is 2.85. The minimum Gasteiger partial charge on any atom is -1.00 e. The number of benzene rings is 2. The topological polar surface area (TPSA) is 143 Å². The Kier molecular flexibility index (Phi) is 8.72. The fraction of sp³-hybridized carbons (Fsp3) is 0.280. The molecule has 1 aliphatic heterocycles. The molecule has 0 saturated carbocycles. The molecule has 38 heavy (non-hydrogen) atoms. The maximum absolute atomic E-state index is 12.6. The van der Waals surface area contributed by atoms with Gasteiger partial charge in [-0.05, 0) is 63.2 Å². The van der Waals surface area contributed by atoms with Gasteiger partial charge in [-0.15, -0.1) is 0 Å². The van der Waals surface area contributed by atoms with Crippen LogP contribution in [-0.2, 0) is 19.6 Å². The van der Waals surface area contributed by atoms with Crippen molar-refractivity contribution in [1.29, 1.82) is 0 Å². The number of hydrogen-bond acceptors (Lipinski definition) is 9. The van der Waals surface area contributed by atoms with Crippen molar-refractivity contribution >= 4 is 50.7 Å². The number of aryl methyl sites for hydroxylation is 1. The number of ether oxygens (including phenoxy) is 1. The maximum atomic E-state index is 12.6. The first kappa shape index (κ1) is 29.4. The zero-order chi connectivity index (χ0) is 27.0. The number of aromatic nitrogens is 2. The van der Waals surface area contributed by atoms with Gasteiger partial charge in [0.25, 0.3) is 15.9 Å². The van der Waals surface area contributed by atoms with Crippen molar-refractivity contribution in [3.63, 3.8) is 0 Å². The van der Waals surface area contributed by atoms with E-state index in [4.69, 9.17) is 4.74 Å². The Labute approximate surface area is 245 Å². The zero-order valence-corrected chi connectivity index (χ0v) is 24.9.